The minimum atomic E-state index is -4.91. The Morgan fingerprint density at radius 1 is 1.26 bits per heavy atom. The SMILES string of the molecule is Cc1cc(Br)cc2c1OC(C(F)(F)F)C(C(=O)OC(C)OC(=O)OCCSCCO[N+](=O)[O-])=C2. The van der Waals surface area contributed by atoms with Gasteiger partial charge in [0.05, 0.1) is 5.57 Å². The van der Waals surface area contributed by atoms with Gasteiger partial charge in [-0.05, 0) is 30.7 Å². The number of fused-ring (bicyclic) bond motifs is 1. The average Bonchev–Trinajstić information content (AvgIpc) is 2.70. The van der Waals surface area contributed by atoms with Crippen molar-refractivity contribution in [1.29, 1.82) is 0 Å². The maximum Gasteiger partial charge on any atom is 0.511 e. The first kappa shape index (κ1) is 27.6. The van der Waals surface area contributed by atoms with Crippen LogP contribution in [0.1, 0.15) is 18.1 Å². The number of carbonyl (C=O) groups excluding carboxylic acids is 2. The van der Waals surface area contributed by atoms with Gasteiger partial charge in [0.2, 0.25) is 12.4 Å². The fourth-order valence-corrected chi connectivity index (χ4v) is 3.91. The summed E-state index contributed by atoms with van der Waals surface area (Å²) < 4.78 is 60.6. The zero-order valence-electron chi connectivity index (χ0n) is 17.8. The van der Waals surface area contributed by atoms with E-state index in [9.17, 15) is 32.9 Å². The lowest BCUT2D eigenvalue weighted by molar-refractivity contribution is -0.756. The Balaban J connectivity index is 1.92. The zero-order chi connectivity index (χ0) is 25.5. The maximum absolute atomic E-state index is 13.6. The lowest BCUT2D eigenvalue weighted by Crippen LogP contribution is -2.41. The molecule has 0 spiro atoms. The predicted molar refractivity (Wildman–Crippen MR) is 116 cm³/mol. The van der Waals surface area contributed by atoms with Gasteiger partial charge in [-0.2, -0.15) is 24.9 Å². The molecule has 0 bridgehead atoms. The summed E-state index contributed by atoms with van der Waals surface area (Å²) in [5.41, 5.74) is -0.131. The smallest absolute Gasteiger partial charge is 0.475 e. The monoisotopic (exact) mass is 573 g/mol. The molecule has 2 atom stereocenters. The molecule has 0 saturated carbocycles. The van der Waals surface area contributed by atoms with Crippen molar-refractivity contribution in [3.05, 3.63) is 43.4 Å². The Bertz CT molecular complexity index is 958. The molecule has 15 heteroatoms. The first-order valence-corrected chi connectivity index (χ1v) is 11.5. The molecule has 10 nitrogen and oxygen atoms in total. The van der Waals surface area contributed by atoms with Crippen molar-refractivity contribution >= 4 is 45.9 Å². The van der Waals surface area contributed by atoms with E-state index in [0.717, 1.165) is 13.0 Å². The summed E-state index contributed by atoms with van der Waals surface area (Å²) in [5.74, 6) is -0.842. The second kappa shape index (κ2) is 12.1. The standard InChI is InChI=1S/C19H19BrF3NO9S/c1-10-7-13(20)8-12-9-14(16(19(21,22)23)33-15(10)12)17(25)31-11(2)32-18(26)29-3-5-34-6-4-30-24(27)28/h7-9,11,16H,3-6H2,1-2H3. The fourth-order valence-electron chi connectivity index (χ4n) is 2.73. The summed E-state index contributed by atoms with van der Waals surface area (Å²) in [4.78, 5) is 38.2. The van der Waals surface area contributed by atoms with E-state index in [1.165, 1.54) is 17.8 Å². The Morgan fingerprint density at radius 3 is 2.59 bits per heavy atom. The van der Waals surface area contributed by atoms with Gasteiger partial charge >= 0.3 is 18.3 Å². The van der Waals surface area contributed by atoms with Crippen molar-refractivity contribution in [2.24, 2.45) is 0 Å². The van der Waals surface area contributed by atoms with Gasteiger partial charge in [0, 0.05) is 28.5 Å². The Kier molecular flexibility index (Phi) is 9.85. The lowest BCUT2D eigenvalue weighted by atomic mass is 9.99. The van der Waals surface area contributed by atoms with Crippen LogP contribution in [0.5, 0.6) is 5.75 Å². The molecular weight excluding hydrogens is 555 g/mol. The lowest BCUT2D eigenvalue weighted by Gasteiger charge is -2.29. The van der Waals surface area contributed by atoms with Crippen molar-refractivity contribution in [2.45, 2.75) is 32.4 Å². The third-order valence-electron chi connectivity index (χ3n) is 4.04. The Hall–Kier alpha value is -2.68. The molecule has 0 saturated heterocycles. The van der Waals surface area contributed by atoms with Crippen LogP contribution < -0.4 is 4.74 Å². The quantitative estimate of drug-likeness (QED) is 0.130. The highest BCUT2D eigenvalue weighted by Crippen LogP contribution is 2.40. The van der Waals surface area contributed by atoms with Crippen molar-refractivity contribution in [2.75, 3.05) is 24.7 Å². The molecule has 0 N–H and O–H groups in total. The van der Waals surface area contributed by atoms with Gasteiger partial charge in [-0.25, -0.2) is 9.59 Å². The number of carbonyl (C=O) groups is 2. The summed E-state index contributed by atoms with van der Waals surface area (Å²) in [6.07, 6.45) is -9.23. The van der Waals surface area contributed by atoms with Gasteiger partial charge in [-0.3, -0.25) is 0 Å². The van der Waals surface area contributed by atoms with E-state index in [1.807, 2.05) is 0 Å². The molecule has 0 aliphatic carbocycles. The first-order chi connectivity index (χ1) is 15.9. The van der Waals surface area contributed by atoms with Crippen LogP contribution in [0.2, 0.25) is 0 Å². The number of halogens is 4. The molecule has 1 heterocycles. The van der Waals surface area contributed by atoms with E-state index in [0.29, 0.717) is 10.0 Å². The molecule has 0 aromatic heterocycles. The highest BCUT2D eigenvalue weighted by molar-refractivity contribution is 9.10. The third kappa shape index (κ3) is 8.27. The van der Waals surface area contributed by atoms with Gasteiger partial charge < -0.3 is 23.8 Å². The van der Waals surface area contributed by atoms with Crippen LogP contribution in [-0.2, 0) is 23.8 Å². The summed E-state index contributed by atoms with van der Waals surface area (Å²) >= 11 is 4.44. The van der Waals surface area contributed by atoms with Gasteiger partial charge in [0.25, 0.3) is 5.09 Å². The Morgan fingerprint density at radius 2 is 1.94 bits per heavy atom. The minimum absolute atomic E-state index is 0.0160. The van der Waals surface area contributed by atoms with Gasteiger partial charge in [-0.1, -0.05) is 15.9 Å². The van der Waals surface area contributed by atoms with E-state index >= 15 is 0 Å². The molecule has 2 rings (SSSR count). The molecule has 34 heavy (non-hydrogen) atoms. The number of aryl methyl sites for hydroxylation is 1. The maximum atomic E-state index is 13.6. The van der Waals surface area contributed by atoms with Crippen molar-refractivity contribution in [3.63, 3.8) is 0 Å². The predicted octanol–water partition coefficient (Wildman–Crippen LogP) is 4.45. The van der Waals surface area contributed by atoms with Crippen LogP contribution in [-0.4, -0.2) is 60.5 Å². The van der Waals surface area contributed by atoms with E-state index in [1.54, 1.807) is 13.0 Å². The van der Waals surface area contributed by atoms with Crippen LogP contribution in [0.3, 0.4) is 0 Å². The molecule has 188 valence electrons. The third-order valence-corrected chi connectivity index (χ3v) is 5.41. The molecule has 1 aliphatic heterocycles. The van der Waals surface area contributed by atoms with E-state index < -0.39 is 41.4 Å². The second-order valence-electron chi connectivity index (χ2n) is 6.64. The molecule has 1 aromatic rings. The van der Waals surface area contributed by atoms with Crippen LogP contribution in [0, 0.1) is 17.0 Å². The van der Waals surface area contributed by atoms with Crippen molar-refractivity contribution in [3.8, 4) is 5.75 Å². The average molecular weight is 574 g/mol. The molecule has 0 fully saturated rings. The number of thioether (sulfide) groups is 1. The number of ether oxygens (including phenoxy) is 4. The number of nitrogens with zero attached hydrogens (tertiary/aromatic N) is 1. The van der Waals surface area contributed by atoms with Crippen LogP contribution in [0.4, 0.5) is 18.0 Å². The largest absolute Gasteiger partial charge is 0.511 e. The van der Waals surface area contributed by atoms with Crippen molar-refractivity contribution in [1.82, 2.24) is 0 Å². The molecule has 0 radical (unpaired) electrons. The number of hydrogen-bond donors (Lipinski definition) is 0. The number of alkyl halides is 3. The first-order valence-electron chi connectivity index (χ1n) is 9.53. The highest BCUT2D eigenvalue weighted by atomic mass is 79.9. The molecule has 1 aliphatic rings. The van der Waals surface area contributed by atoms with Crippen molar-refractivity contribution < 1.29 is 51.6 Å². The van der Waals surface area contributed by atoms with Gasteiger partial charge in [0.1, 0.15) is 19.0 Å². The number of hydrogen-bond acceptors (Lipinski definition) is 10. The number of rotatable bonds is 10. The van der Waals surface area contributed by atoms with Gasteiger partial charge in [0.15, 0.2) is 0 Å². The minimum Gasteiger partial charge on any atom is -0.475 e. The molecule has 2 unspecified atom stereocenters. The van der Waals surface area contributed by atoms with E-state index in [2.05, 4.69) is 20.8 Å². The van der Waals surface area contributed by atoms with E-state index in [4.69, 9.17) is 18.9 Å². The van der Waals surface area contributed by atoms with Crippen LogP contribution in [0.25, 0.3) is 6.08 Å². The van der Waals surface area contributed by atoms with Crippen LogP contribution in [0.15, 0.2) is 22.2 Å². The summed E-state index contributed by atoms with van der Waals surface area (Å²) in [7, 11) is 0. The Labute approximate surface area is 203 Å². The summed E-state index contributed by atoms with van der Waals surface area (Å²) in [6, 6.07) is 3.06. The second-order valence-corrected chi connectivity index (χ2v) is 8.78. The topological polar surface area (TPSA) is 123 Å². The fraction of sp³-hybridized carbons (Fsp3) is 0.474. The highest BCUT2D eigenvalue weighted by Gasteiger charge is 2.49. The normalized spacial score (nSPS) is 15.8. The number of benzene rings is 1. The molecule has 0 amide bonds. The van der Waals surface area contributed by atoms with E-state index in [-0.39, 0.29) is 36.0 Å². The van der Waals surface area contributed by atoms with Gasteiger partial charge in [-0.15, -0.1) is 10.1 Å². The summed E-state index contributed by atoms with van der Waals surface area (Å²) in [5, 5.41) is 9.06. The molecular formula is C19H19BrF3NO9S. The zero-order valence-corrected chi connectivity index (χ0v) is 20.2. The van der Waals surface area contributed by atoms with Crippen LogP contribution >= 0.6 is 27.7 Å². The summed E-state index contributed by atoms with van der Waals surface area (Å²) in [6.45, 7) is 2.44. The number of esters is 1. The molecule has 1 aromatic carbocycles.